The van der Waals surface area contributed by atoms with Crippen molar-refractivity contribution >= 4 is 17.8 Å². The normalized spacial score (nSPS) is 14.6. The zero-order valence-corrected chi connectivity index (χ0v) is 17.0. The van der Waals surface area contributed by atoms with Gasteiger partial charge in [0.25, 0.3) is 5.69 Å². The molecule has 0 saturated heterocycles. The van der Waals surface area contributed by atoms with Crippen molar-refractivity contribution in [3.8, 4) is 16.9 Å². The van der Waals surface area contributed by atoms with Crippen molar-refractivity contribution < 1.29 is 9.72 Å². The van der Waals surface area contributed by atoms with E-state index in [1.165, 1.54) is 18.6 Å². The van der Waals surface area contributed by atoms with Gasteiger partial charge in [-0.05, 0) is 37.1 Å². The van der Waals surface area contributed by atoms with E-state index in [1.54, 1.807) is 23.0 Å². The molecule has 31 heavy (non-hydrogen) atoms. The first-order chi connectivity index (χ1) is 15.1. The summed E-state index contributed by atoms with van der Waals surface area (Å²) in [5.74, 6) is -0.0321. The van der Waals surface area contributed by atoms with Gasteiger partial charge in [-0.2, -0.15) is 10.2 Å². The highest BCUT2D eigenvalue weighted by molar-refractivity contribution is 5.90. The van der Waals surface area contributed by atoms with Crippen LogP contribution in [0.5, 0.6) is 0 Å². The monoisotopic (exact) mass is 417 g/mol. The molecule has 2 aromatic carbocycles. The van der Waals surface area contributed by atoms with Crippen molar-refractivity contribution in [1.82, 2.24) is 15.2 Å². The lowest BCUT2D eigenvalue weighted by Crippen LogP contribution is -2.28. The number of hydrazone groups is 1. The number of rotatable bonds is 6. The maximum absolute atomic E-state index is 12.4. The van der Waals surface area contributed by atoms with Crippen LogP contribution in [0.3, 0.4) is 0 Å². The SMILES string of the molecule is O=C(N/N=C\c1cn(-c2ccccc2)nc1-c1ccc([N+](=O)[O-])cc1)C1CCCCC1. The molecule has 1 N–H and O–H groups in total. The quantitative estimate of drug-likeness (QED) is 0.363. The van der Waals surface area contributed by atoms with Crippen LogP contribution in [0.2, 0.25) is 0 Å². The Kier molecular flexibility index (Phi) is 6.16. The van der Waals surface area contributed by atoms with E-state index in [0.29, 0.717) is 11.3 Å². The summed E-state index contributed by atoms with van der Waals surface area (Å²) in [4.78, 5) is 22.9. The van der Waals surface area contributed by atoms with Crippen LogP contribution >= 0.6 is 0 Å². The molecule has 1 aliphatic rings. The molecule has 3 aromatic rings. The summed E-state index contributed by atoms with van der Waals surface area (Å²) in [6, 6.07) is 15.8. The van der Waals surface area contributed by atoms with Gasteiger partial charge in [0.05, 0.1) is 16.8 Å². The molecule has 1 saturated carbocycles. The van der Waals surface area contributed by atoms with E-state index in [4.69, 9.17) is 0 Å². The lowest BCUT2D eigenvalue weighted by Gasteiger charge is -2.19. The molecule has 1 heterocycles. The van der Waals surface area contributed by atoms with Crippen molar-refractivity contribution in [3.63, 3.8) is 0 Å². The van der Waals surface area contributed by atoms with Crippen LogP contribution in [-0.2, 0) is 4.79 Å². The standard InChI is InChI=1S/C23H23N5O3/c29-23(18-7-3-1-4-8-18)25-24-15-19-16-27(20-9-5-2-6-10-20)26-22(19)17-11-13-21(14-12-17)28(30)31/h2,5-6,9-16,18H,1,3-4,7-8H2,(H,25,29)/b24-15-. The first kappa shape index (κ1) is 20.5. The summed E-state index contributed by atoms with van der Waals surface area (Å²) in [5.41, 5.74) is 5.58. The molecule has 0 spiro atoms. The highest BCUT2D eigenvalue weighted by Gasteiger charge is 2.20. The Bertz CT molecular complexity index is 1080. The van der Waals surface area contributed by atoms with Crippen LogP contribution in [0.15, 0.2) is 65.9 Å². The first-order valence-corrected chi connectivity index (χ1v) is 10.3. The maximum atomic E-state index is 12.4. The van der Waals surface area contributed by atoms with Crippen LogP contribution in [0.1, 0.15) is 37.7 Å². The Morgan fingerprint density at radius 1 is 1.10 bits per heavy atom. The summed E-state index contributed by atoms with van der Waals surface area (Å²) in [6.07, 6.45) is 8.55. The van der Waals surface area contributed by atoms with Crippen molar-refractivity contribution in [2.75, 3.05) is 0 Å². The second-order valence-electron chi connectivity index (χ2n) is 7.59. The van der Waals surface area contributed by atoms with Crippen LogP contribution in [0.25, 0.3) is 16.9 Å². The highest BCUT2D eigenvalue weighted by Crippen LogP contribution is 2.25. The number of para-hydroxylation sites is 1. The van der Waals surface area contributed by atoms with E-state index in [0.717, 1.165) is 36.9 Å². The van der Waals surface area contributed by atoms with Gasteiger partial charge in [-0.25, -0.2) is 10.1 Å². The fourth-order valence-electron chi connectivity index (χ4n) is 3.78. The average molecular weight is 417 g/mol. The van der Waals surface area contributed by atoms with Crippen molar-refractivity contribution in [2.45, 2.75) is 32.1 Å². The van der Waals surface area contributed by atoms with E-state index in [9.17, 15) is 14.9 Å². The van der Waals surface area contributed by atoms with Gasteiger partial charge >= 0.3 is 0 Å². The minimum Gasteiger partial charge on any atom is -0.273 e. The molecule has 8 nitrogen and oxygen atoms in total. The minimum atomic E-state index is -0.435. The predicted octanol–water partition coefficient (Wildman–Crippen LogP) is 4.48. The number of nitrogens with one attached hydrogen (secondary N) is 1. The third kappa shape index (κ3) is 4.85. The molecule has 0 bridgehead atoms. The number of hydrogen-bond donors (Lipinski definition) is 1. The Morgan fingerprint density at radius 2 is 1.81 bits per heavy atom. The largest absolute Gasteiger partial charge is 0.273 e. The van der Waals surface area contributed by atoms with E-state index in [-0.39, 0.29) is 17.5 Å². The molecule has 0 aliphatic heterocycles. The Balaban J connectivity index is 1.61. The second kappa shape index (κ2) is 9.34. The van der Waals surface area contributed by atoms with Gasteiger partial charge in [0.2, 0.25) is 5.91 Å². The molecule has 4 rings (SSSR count). The molecule has 0 radical (unpaired) electrons. The number of carbonyl (C=O) groups excluding carboxylic acids is 1. The fraction of sp³-hybridized carbons (Fsp3) is 0.261. The van der Waals surface area contributed by atoms with Gasteiger partial charge in [-0.3, -0.25) is 14.9 Å². The number of carbonyl (C=O) groups is 1. The number of aromatic nitrogens is 2. The zero-order chi connectivity index (χ0) is 21.6. The summed E-state index contributed by atoms with van der Waals surface area (Å²) in [5, 5.41) is 19.8. The average Bonchev–Trinajstić information content (AvgIpc) is 3.24. The lowest BCUT2D eigenvalue weighted by molar-refractivity contribution is -0.384. The highest BCUT2D eigenvalue weighted by atomic mass is 16.6. The molecule has 0 atom stereocenters. The lowest BCUT2D eigenvalue weighted by atomic mass is 9.89. The van der Waals surface area contributed by atoms with Gasteiger partial charge in [0.15, 0.2) is 0 Å². The minimum absolute atomic E-state index is 0.0150. The van der Waals surface area contributed by atoms with Crippen LogP contribution in [0.4, 0.5) is 5.69 Å². The Hall–Kier alpha value is -3.81. The molecule has 1 aromatic heterocycles. The van der Waals surface area contributed by atoms with Gasteiger partial charge in [-0.1, -0.05) is 37.5 Å². The van der Waals surface area contributed by atoms with E-state index in [2.05, 4.69) is 15.6 Å². The van der Waals surface area contributed by atoms with Crippen LogP contribution in [-0.4, -0.2) is 26.8 Å². The molecule has 0 unspecified atom stereocenters. The predicted molar refractivity (Wildman–Crippen MR) is 118 cm³/mol. The Morgan fingerprint density at radius 3 is 2.48 bits per heavy atom. The number of nitro groups is 1. The molecule has 8 heteroatoms. The number of amides is 1. The van der Waals surface area contributed by atoms with Crippen molar-refractivity contribution in [2.24, 2.45) is 11.0 Å². The smallest absolute Gasteiger partial charge is 0.269 e. The Labute approximate surface area is 179 Å². The van der Waals surface area contributed by atoms with E-state index >= 15 is 0 Å². The number of benzene rings is 2. The molecule has 1 fully saturated rings. The van der Waals surface area contributed by atoms with Gasteiger partial charge in [0, 0.05) is 35.4 Å². The summed E-state index contributed by atoms with van der Waals surface area (Å²) in [6.45, 7) is 0. The summed E-state index contributed by atoms with van der Waals surface area (Å²) >= 11 is 0. The summed E-state index contributed by atoms with van der Waals surface area (Å²) in [7, 11) is 0. The van der Waals surface area contributed by atoms with Gasteiger partial charge in [0.1, 0.15) is 5.69 Å². The molecule has 1 aliphatic carbocycles. The topological polar surface area (TPSA) is 102 Å². The number of non-ortho nitro benzene ring substituents is 1. The number of hydrogen-bond acceptors (Lipinski definition) is 5. The third-order valence-corrected chi connectivity index (χ3v) is 5.47. The second-order valence-corrected chi connectivity index (χ2v) is 7.59. The first-order valence-electron chi connectivity index (χ1n) is 10.3. The number of nitro benzene ring substituents is 1. The maximum Gasteiger partial charge on any atom is 0.269 e. The summed E-state index contributed by atoms with van der Waals surface area (Å²) < 4.78 is 1.72. The molecular formula is C23H23N5O3. The van der Waals surface area contributed by atoms with Crippen molar-refractivity contribution in [3.05, 3.63) is 76.5 Å². The van der Waals surface area contributed by atoms with Crippen LogP contribution < -0.4 is 5.43 Å². The molecule has 158 valence electrons. The molecular weight excluding hydrogens is 394 g/mol. The third-order valence-electron chi connectivity index (χ3n) is 5.47. The van der Waals surface area contributed by atoms with Crippen LogP contribution in [0, 0.1) is 16.0 Å². The van der Waals surface area contributed by atoms with E-state index < -0.39 is 4.92 Å². The fourth-order valence-corrected chi connectivity index (χ4v) is 3.78. The van der Waals surface area contributed by atoms with Crippen molar-refractivity contribution in [1.29, 1.82) is 0 Å². The number of nitrogens with zero attached hydrogens (tertiary/aromatic N) is 4. The molecule has 1 amide bonds. The van der Waals surface area contributed by atoms with E-state index in [1.807, 2.05) is 36.5 Å². The van der Waals surface area contributed by atoms with Gasteiger partial charge in [-0.15, -0.1) is 0 Å². The zero-order valence-electron chi connectivity index (χ0n) is 17.0. The van der Waals surface area contributed by atoms with Gasteiger partial charge < -0.3 is 0 Å².